The number of rotatable bonds is 3. The van der Waals surface area contributed by atoms with Crippen LogP contribution >= 0.6 is 11.6 Å². The molecule has 1 atom stereocenters. The highest BCUT2D eigenvalue weighted by molar-refractivity contribution is 6.30. The number of halogens is 2. The van der Waals surface area contributed by atoms with Gasteiger partial charge < -0.3 is 5.11 Å². The molecule has 0 bridgehead atoms. The molecule has 0 saturated carbocycles. The summed E-state index contributed by atoms with van der Waals surface area (Å²) in [6.45, 7) is 3.46. The van der Waals surface area contributed by atoms with Gasteiger partial charge in [-0.05, 0) is 24.6 Å². The first-order valence-electron chi connectivity index (χ1n) is 3.89. The lowest BCUT2D eigenvalue weighted by Crippen LogP contribution is -1.99. The fourth-order valence-corrected chi connectivity index (χ4v) is 1.24. The second kappa shape index (κ2) is 4.40. The zero-order chi connectivity index (χ0) is 9.84. The summed E-state index contributed by atoms with van der Waals surface area (Å²) in [6, 6.07) is 4.11. The molecule has 0 aromatic heterocycles. The zero-order valence-electron chi connectivity index (χ0n) is 7.00. The number of aliphatic hydroxyl groups is 1. The Labute approximate surface area is 81.5 Å². The Hall–Kier alpha value is -0.860. The van der Waals surface area contributed by atoms with Gasteiger partial charge in [-0.3, -0.25) is 0 Å². The molecule has 0 aliphatic carbocycles. The van der Waals surface area contributed by atoms with E-state index in [2.05, 4.69) is 6.58 Å². The monoisotopic (exact) mass is 200 g/mol. The van der Waals surface area contributed by atoms with Crippen molar-refractivity contribution in [1.82, 2.24) is 0 Å². The van der Waals surface area contributed by atoms with Crippen molar-refractivity contribution >= 4 is 11.6 Å². The summed E-state index contributed by atoms with van der Waals surface area (Å²) in [6.07, 6.45) is 0.985. The summed E-state index contributed by atoms with van der Waals surface area (Å²) in [5.74, 6) is -0.446. The molecule has 0 aliphatic heterocycles. The molecule has 0 heterocycles. The molecule has 0 saturated heterocycles. The van der Waals surface area contributed by atoms with Crippen molar-refractivity contribution < 1.29 is 9.50 Å². The lowest BCUT2D eigenvalue weighted by atomic mass is 10.1. The van der Waals surface area contributed by atoms with Crippen LogP contribution in [0.25, 0.3) is 0 Å². The highest BCUT2D eigenvalue weighted by Crippen LogP contribution is 2.23. The lowest BCUT2D eigenvalue weighted by Gasteiger charge is -2.09. The summed E-state index contributed by atoms with van der Waals surface area (Å²) in [7, 11) is 0. The normalized spacial score (nSPS) is 12.5. The molecule has 1 rings (SSSR count). The average Bonchev–Trinajstić information content (AvgIpc) is 2.09. The molecule has 1 N–H and O–H groups in total. The van der Waals surface area contributed by atoms with Crippen molar-refractivity contribution in [3.63, 3.8) is 0 Å². The third kappa shape index (κ3) is 2.54. The van der Waals surface area contributed by atoms with E-state index in [4.69, 9.17) is 11.6 Å². The maximum absolute atomic E-state index is 13.1. The highest BCUT2D eigenvalue weighted by atomic mass is 35.5. The third-order valence-corrected chi connectivity index (χ3v) is 1.94. The standard InChI is InChI=1S/C10H10ClFO/c1-2-3-10(13)8-6-7(11)4-5-9(8)12/h2,4-6,10,13H,1,3H2. The number of aliphatic hydroxyl groups excluding tert-OH is 1. The van der Waals surface area contributed by atoms with Gasteiger partial charge in [0.2, 0.25) is 0 Å². The van der Waals surface area contributed by atoms with Gasteiger partial charge in [0.1, 0.15) is 5.82 Å². The van der Waals surface area contributed by atoms with Crippen LogP contribution in [-0.2, 0) is 0 Å². The van der Waals surface area contributed by atoms with Crippen LogP contribution in [-0.4, -0.2) is 5.11 Å². The van der Waals surface area contributed by atoms with Gasteiger partial charge >= 0.3 is 0 Å². The van der Waals surface area contributed by atoms with E-state index in [-0.39, 0.29) is 5.56 Å². The largest absolute Gasteiger partial charge is 0.388 e. The van der Waals surface area contributed by atoms with E-state index in [0.717, 1.165) is 0 Å². The fourth-order valence-electron chi connectivity index (χ4n) is 1.05. The molecular formula is C10H10ClFO. The van der Waals surface area contributed by atoms with Gasteiger partial charge in [0, 0.05) is 10.6 Å². The number of hydrogen-bond acceptors (Lipinski definition) is 1. The summed E-state index contributed by atoms with van der Waals surface area (Å²) in [5, 5.41) is 9.87. The van der Waals surface area contributed by atoms with Crippen molar-refractivity contribution in [2.45, 2.75) is 12.5 Å². The van der Waals surface area contributed by atoms with Crippen LogP contribution in [0.5, 0.6) is 0 Å². The summed E-state index contributed by atoms with van der Waals surface area (Å²) >= 11 is 5.66. The Bertz CT molecular complexity index is 312. The van der Waals surface area contributed by atoms with E-state index >= 15 is 0 Å². The molecule has 0 fully saturated rings. The quantitative estimate of drug-likeness (QED) is 0.744. The minimum Gasteiger partial charge on any atom is -0.388 e. The summed E-state index contributed by atoms with van der Waals surface area (Å²) < 4.78 is 13.1. The van der Waals surface area contributed by atoms with Crippen LogP contribution in [0.2, 0.25) is 5.02 Å². The molecule has 0 amide bonds. The molecule has 70 valence electrons. The van der Waals surface area contributed by atoms with Crippen molar-refractivity contribution in [3.05, 3.63) is 47.3 Å². The van der Waals surface area contributed by atoms with Gasteiger partial charge in [0.05, 0.1) is 6.10 Å². The molecule has 1 aromatic carbocycles. The maximum atomic E-state index is 13.1. The van der Waals surface area contributed by atoms with E-state index in [9.17, 15) is 9.50 Å². The van der Waals surface area contributed by atoms with E-state index in [1.54, 1.807) is 0 Å². The third-order valence-electron chi connectivity index (χ3n) is 1.71. The molecule has 0 radical (unpaired) electrons. The first-order valence-corrected chi connectivity index (χ1v) is 4.27. The van der Waals surface area contributed by atoms with Crippen LogP contribution in [0, 0.1) is 5.82 Å². The Kier molecular flexibility index (Phi) is 3.46. The Morgan fingerprint density at radius 3 is 2.92 bits per heavy atom. The van der Waals surface area contributed by atoms with Gasteiger partial charge in [0.25, 0.3) is 0 Å². The maximum Gasteiger partial charge on any atom is 0.129 e. The molecule has 0 spiro atoms. The molecule has 1 nitrogen and oxygen atoms in total. The van der Waals surface area contributed by atoms with Crippen molar-refractivity contribution in [1.29, 1.82) is 0 Å². The molecular weight excluding hydrogens is 191 g/mol. The molecule has 0 aliphatic rings. The van der Waals surface area contributed by atoms with Gasteiger partial charge in [-0.25, -0.2) is 4.39 Å². The van der Waals surface area contributed by atoms with Crippen LogP contribution < -0.4 is 0 Å². The van der Waals surface area contributed by atoms with Gasteiger partial charge in [-0.15, -0.1) is 6.58 Å². The van der Waals surface area contributed by atoms with Crippen LogP contribution in [0.4, 0.5) is 4.39 Å². The average molecular weight is 201 g/mol. The van der Waals surface area contributed by atoms with E-state index in [0.29, 0.717) is 11.4 Å². The Balaban J connectivity index is 2.97. The second-order valence-corrected chi connectivity index (χ2v) is 3.14. The van der Waals surface area contributed by atoms with Crippen LogP contribution in [0.1, 0.15) is 18.1 Å². The molecule has 1 unspecified atom stereocenters. The predicted octanol–water partition coefficient (Wildman–Crippen LogP) is 3.09. The first-order chi connectivity index (χ1) is 6.15. The topological polar surface area (TPSA) is 20.2 Å². The second-order valence-electron chi connectivity index (χ2n) is 2.71. The van der Waals surface area contributed by atoms with Crippen LogP contribution in [0.15, 0.2) is 30.9 Å². The summed E-state index contributed by atoms with van der Waals surface area (Å²) in [4.78, 5) is 0. The minimum absolute atomic E-state index is 0.215. The van der Waals surface area contributed by atoms with Crippen molar-refractivity contribution in [3.8, 4) is 0 Å². The lowest BCUT2D eigenvalue weighted by molar-refractivity contribution is 0.177. The van der Waals surface area contributed by atoms with E-state index in [1.807, 2.05) is 0 Å². The zero-order valence-corrected chi connectivity index (χ0v) is 7.76. The molecule has 3 heteroatoms. The highest BCUT2D eigenvalue weighted by Gasteiger charge is 2.11. The molecule has 13 heavy (non-hydrogen) atoms. The minimum atomic E-state index is -0.865. The van der Waals surface area contributed by atoms with Gasteiger partial charge in [-0.2, -0.15) is 0 Å². The van der Waals surface area contributed by atoms with E-state index in [1.165, 1.54) is 24.3 Å². The predicted molar refractivity (Wildman–Crippen MR) is 51.2 cm³/mol. The van der Waals surface area contributed by atoms with E-state index < -0.39 is 11.9 Å². The smallest absolute Gasteiger partial charge is 0.129 e. The molecule has 1 aromatic rings. The van der Waals surface area contributed by atoms with Crippen molar-refractivity contribution in [2.75, 3.05) is 0 Å². The Morgan fingerprint density at radius 2 is 2.31 bits per heavy atom. The Morgan fingerprint density at radius 1 is 1.62 bits per heavy atom. The first kappa shape index (κ1) is 10.2. The van der Waals surface area contributed by atoms with Crippen molar-refractivity contribution in [2.24, 2.45) is 0 Å². The van der Waals surface area contributed by atoms with Gasteiger partial charge in [-0.1, -0.05) is 17.7 Å². The fraction of sp³-hybridized carbons (Fsp3) is 0.200. The summed E-state index contributed by atoms with van der Waals surface area (Å²) in [5.41, 5.74) is 0.215. The number of benzene rings is 1. The SMILES string of the molecule is C=CCC(O)c1cc(Cl)ccc1F. The number of hydrogen-bond donors (Lipinski definition) is 1. The van der Waals surface area contributed by atoms with Crippen LogP contribution in [0.3, 0.4) is 0 Å². The van der Waals surface area contributed by atoms with Gasteiger partial charge in [0.15, 0.2) is 0 Å².